The van der Waals surface area contributed by atoms with Gasteiger partial charge in [0.1, 0.15) is 0 Å². The summed E-state index contributed by atoms with van der Waals surface area (Å²) in [5.41, 5.74) is 2.31. The second kappa shape index (κ2) is 8.81. The van der Waals surface area contributed by atoms with Crippen LogP contribution in [0.2, 0.25) is 0 Å². The molecule has 1 aliphatic rings. The number of morpholine rings is 1. The molecule has 1 aliphatic heterocycles. The summed E-state index contributed by atoms with van der Waals surface area (Å²) in [5, 5.41) is 6.87. The van der Waals surface area contributed by atoms with Crippen LogP contribution in [0.5, 0.6) is 0 Å². The number of benzene rings is 1. The van der Waals surface area contributed by atoms with Crippen LogP contribution in [-0.2, 0) is 9.47 Å². The number of anilines is 1. The molecule has 0 radical (unpaired) electrons. The smallest absolute Gasteiger partial charge is 0.337 e. The Balaban J connectivity index is 1.83. The Kier molecular flexibility index (Phi) is 6.76. The van der Waals surface area contributed by atoms with Crippen molar-refractivity contribution in [1.29, 1.82) is 0 Å². The predicted octanol–water partition coefficient (Wildman–Crippen LogP) is 1.40. The molecule has 0 saturated carbocycles. The van der Waals surface area contributed by atoms with Gasteiger partial charge in [0.05, 0.1) is 25.9 Å². The van der Waals surface area contributed by atoms with Gasteiger partial charge in [-0.1, -0.05) is 6.07 Å². The first-order valence-electron chi connectivity index (χ1n) is 7.64. The van der Waals surface area contributed by atoms with Gasteiger partial charge in [0.2, 0.25) is 0 Å². The first-order chi connectivity index (χ1) is 11.1. The Hall–Kier alpha value is -1.70. The number of nitrogens with one attached hydrogen (secondary N) is 2. The number of hydrogen-bond acceptors (Lipinski definition) is 5. The maximum Gasteiger partial charge on any atom is 0.337 e. The fraction of sp³-hybridized carbons (Fsp3) is 0.500. The number of rotatable bonds is 5. The van der Waals surface area contributed by atoms with Gasteiger partial charge in [0, 0.05) is 31.9 Å². The first-order valence-corrected chi connectivity index (χ1v) is 8.05. The standard InChI is InChI=1S/C16H23N3O3S/c1-12-3-4-13(15(20)21-2)11-14(12)18-16(23)17-5-6-19-7-9-22-10-8-19/h3-4,11H,5-10H2,1-2H3,(H2,17,18,23). The molecular weight excluding hydrogens is 314 g/mol. The quantitative estimate of drug-likeness (QED) is 0.622. The Labute approximate surface area is 142 Å². The van der Waals surface area contributed by atoms with Gasteiger partial charge in [-0.25, -0.2) is 4.79 Å². The number of ether oxygens (including phenoxy) is 2. The van der Waals surface area contributed by atoms with E-state index >= 15 is 0 Å². The van der Waals surface area contributed by atoms with Crippen LogP contribution in [0.1, 0.15) is 15.9 Å². The minimum absolute atomic E-state index is 0.362. The van der Waals surface area contributed by atoms with Crippen LogP contribution in [0.3, 0.4) is 0 Å². The summed E-state index contributed by atoms with van der Waals surface area (Å²) in [6.07, 6.45) is 0. The predicted molar refractivity (Wildman–Crippen MR) is 94.0 cm³/mol. The van der Waals surface area contributed by atoms with E-state index in [2.05, 4.69) is 15.5 Å². The fourth-order valence-electron chi connectivity index (χ4n) is 2.32. The molecule has 1 aromatic carbocycles. The van der Waals surface area contributed by atoms with Gasteiger partial charge in [0.15, 0.2) is 5.11 Å². The number of methoxy groups -OCH3 is 1. The van der Waals surface area contributed by atoms with Gasteiger partial charge in [-0.3, -0.25) is 4.90 Å². The van der Waals surface area contributed by atoms with Crippen LogP contribution in [0.15, 0.2) is 18.2 Å². The van der Waals surface area contributed by atoms with E-state index in [-0.39, 0.29) is 5.97 Å². The highest BCUT2D eigenvalue weighted by atomic mass is 32.1. The Morgan fingerprint density at radius 1 is 1.39 bits per heavy atom. The van der Waals surface area contributed by atoms with Crippen LogP contribution in [0, 0.1) is 6.92 Å². The van der Waals surface area contributed by atoms with Crippen LogP contribution in [-0.4, -0.2) is 62.5 Å². The summed E-state index contributed by atoms with van der Waals surface area (Å²) >= 11 is 5.32. The van der Waals surface area contributed by atoms with Crippen LogP contribution in [0.25, 0.3) is 0 Å². The lowest BCUT2D eigenvalue weighted by Gasteiger charge is -2.26. The average molecular weight is 337 g/mol. The molecule has 0 spiro atoms. The topological polar surface area (TPSA) is 62.8 Å². The molecular formula is C16H23N3O3S. The van der Waals surface area contributed by atoms with Gasteiger partial charge in [-0.15, -0.1) is 0 Å². The SMILES string of the molecule is COC(=O)c1ccc(C)c(NC(=S)NCCN2CCOCC2)c1. The third-order valence-electron chi connectivity index (χ3n) is 3.72. The van der Waals surface area contributed by atoms with Gasteiger partial charge >= 0.3 is 5.97 Å². The minimum atomic E-state index is -0.362. The number of esters is 1. The molecule has 0 bridgehead atoms. The van der Waals surface area contributed by atoms with E-state index in [1.807, 2.05) is 13.0 Å². The number of thiocarbonyl (C=S) groups is 1. The summed E-state index contributed by atoms with van der Waals surface area (Å²) in [5.74, 6) is -0.362. The van der Waals surface area contributed by atoms with E-state index in [0.717, 1.165) is 50.6 Å². The fourth-order valence-corrected chi connectivity index (χ4v) is 2.53. The summed E-state index contributed by atoms with van der Waals surface area (Å²) in [7, 11) is 1.37. The highest BCUT2D eigenvalue weighted by molar-refractivity contribution is 7.80. The first kappa shape index (κ1) is 17.7. The van der Waals surface area contributed by atoms with E-state index in [9.17, 15) is 4.79 Å². The largest absolute Gasteiger partial charge is 0.465 e. The lowest BCUT2D eigenvalue weighted by molar-refractivity contribution is 0.0389. The second-order valence-corrected chi connectivity index (χ2v) is 5.76. The molecule has 1 heterocycles. The third-order valence-corrected chi connectivity index (χ3v) is 3.97. The van der Waals surface area contributed by atoms with Crippen molar-refractivity contribution >= 4 is 29.0 Å². The Bertz CT molecular complexity index is 560. The van der Waals surface area contributed by atoms with E-state index in [0.29, 0.717) is 10.7 Å². The highest BCUT2D eigenvalue weighted by Crippen LogP contribution is 2.17. The molecule has 2 rings (SSSR count). The average Bonchev–Trinajstić information content (AvgIpc) is 2.57. The molecule has 7 heteroatoms. The molecule has 0 aliphatic carbocycles. The Morgan fingerprint density at radius 2 is 2.13 bits per heavy atom. The zero-order valence-electron chi connectivity index (χ0n) is 13.6. The van der Waals surface area contributed by atoms with Gasteiger partial charge in [-0.05, 0) is 36.8 Å². The zero-order valence-corrected chi connectivity index (χ0v) is 14.4. The zero-order chi connectivity index (χ0) is 16.7. The van der Waals surface area contributed by atoms with Gasteiger partial charge in [-0.2, -0.15) is 0 Å². The molecule has 1 saturated heterocycles. The van der Waals surface area contributed by atoms with E-state index in [1.54, 1.807) is 12.1 Å². The molecule has 126 valence electrons. The van der Waals surface area contributed by atoms with Crippen molar-refractivity contribution in [3.63, 3.8) is 0 Å². The maximum atomic E-state index is 11.6. The molecule has 0 atom stereocenters. The van der Waals surface area contributed by atoms with Crippen LogP contribution < -0.4 is 10.6 Å². The molecule has 6 nitrogen and oxygen atoms in total. The number of aryl methyl sites for hydroxylation is 1. The second-order valence-electron chi connectivity index (χ2n) is 5.36. The molecule has 2 N–H and O–H groups in total. The molecule has 0 aromatic heterocycles. The molecule has 1 aromatic rings. The number of nitrogens with zero attached hydrogens (tertiary/aromatic N) is 1. The van der Waals surface area contributed by atoms with Crippen molar-refractivity contribution in [3.05, 3.63) is 29.3 Å². The van der Waals surface area contributed by atoms with Crippen molar-refractivity contribution in [2.75, 3.05) is 51.8 Å². The highest BCUT2D eigenvalue weighted by Gasteiger charge is 2.11. The number of carbonyl (C=O) groups excluding carboxylic acids is 1. The van der Waals surface area contributed by atoms with Crippen molar-refractivity contribution in [3.8, 4) is 0 Å². The summed E-state index contributed by atoms with van der Waals surface area (Å²) in [4.78, 5) is 13.9. The minimum Gasteiger partial charge on any atom is -0.465 e. The van der Waals surface area contributed by atoms with Gasteiger partial charge in [0.25, 0.3) is 0 Å². The van der Waals surface area contributed by atoms with E-state index in [1.165, 1.54) is 7.11 Å². The monoisotopic (exact) mass is 337 g/mol. The maximum absolute atomic E-state index is 11.6. The van der Waals surface area contributed by atoms with Crippen LogP contribution in [0.4, 0.5) is 5.69 Å². The molecule has 1 fully saturated rings. The van der Waals surface area contributed by atoms with Crippen LogP contribution >= 0.6 is 12.2 Å². The normalized spacial score (nSPS) is 15.0. The van der Waals surface area contributed by atoms with Crippen molar-refractivity contribution in [1.82, 2.24) is 10.2 Å². The van der Waals surface area contributed by atoms with Crippen molar-refractivity contribution in [2.45, 2.75) is 6.92 Å². The third kappa shape index (κ3) is 5.46. The van der Waals surface area contributed by atoms with E-state index < -0.39 is 0 Å². The van der Waals surface area contributed by atoms with Crippen molar-refractivity contribution < 1.29 is 14.3 Å². The summed E-state index contributed by atoms with van der Waals surface area (Å²) < 4.78 is 10.1. The molecule has 0 unspecified atom stereocenters. The summed E-state index contributed by atoms with van der Waals surface area (Å²) in [6.45, 7) is 7.16. The molecule has 0 amide bonds. The van der Waals surface area contributed by atoms with E-state index in [4.69, 9.17) is 21.7 Å². The van der Waals surface area contributed by atoms with Crippen molar-refractivity contribution in [2.24, 2.45) is 0 Å². The number of hydrogen-bond donors (Lipinski definition) is 2. The lowest BCUT2D eigenvalue weighted by Crippen LogP contribution is -2.42. The number of carbonyl (C=O) groups is 1. The Morgan fingerprint density at radius 3 is 2.83 bits per heavy atom. The summed E-state index contributed by atoms with van der Waals surface area (Å²) in [6, 6.07) is 5.35. The van der Waals surface area contributed by atoms with Gasteiger partial charge < -0.3 is 20.1 Å². The molecule has 23 heavy (non-hydrogen) atoms. The lowest BCUT2D eigenvalue weighted by atomic mass is 10.1.